The number of rotatable bonds is 7. The van der Waals surface area contributed by atoms with Gasteiger partial charge >= 0.3 is 0 Å². The van der Waals surface area contributed by atoms with E-state index in [0.29, 0.717) is 12.2 Å². The molecular formula is C25H34N4O2. The molecule has 3 unspecified atom stereocenters. The number of ether oxygens (including phenoxy) is 1. The van der Waals surface area contributed by atoms with Crippen LogP contribution in [0.4, 0.5) is 0 Å². The van der Waals surface area contributed by atoms with E-state index in [-0.39, 0.29) is 17.9 Å². The third-order valence-corrected chi connectivity index (χ3v) is 6.64. The van der Waals surface area contributed by atoms with Crippen molar-refractivity contribution in [1.82, 2.24) is 21.1 Å². The second kappa shape index (κ2) is 10.3. The van der Waals surface area contributed by atoms with Crippen molar-refractivity contribution in [3.8, 4) is 5.75 Å². The third kappa shape index (κ3) is 5.26. The Kier molecular flexibility index (Phi) is 7.22. The monoisotopic (exact) mass is 422 g/mol. The normalized spacial score (nSPS) is 23.4. The molecule has 3 N–H and O–H groups in total. The minimum Gasteiger partial charge on any atom is -0.497 e. The van der Waals surface area contributed by atoms with Gasteiger partial charge in [0, 0.05) is 25.2 Å². The summed E-state index contributed by atoms with van der Waals surface area (Å²) in [5, 5.41) is 3.31. The molecule has 0 radical (unpaired) electrons. The van der Waals surface area contributed by atoms with Crippen molar-refractivity contribution in [2.45, 2.75) is 56.8 Å². The molecule has 0 saturated carbocycles. The van der Waals surface area contributed by atoms with E-state index in [0.717, 1.165) is 50.1 Å². The fraction of sp³-hybridized carbons (Fsp3) is 0.480. The van der Waals surface area contributed by atoms with Gasteiger partial charge in [-0.1, -0.05) is 49.4 Å². The molecule has 2 aromatic rings. The first-order chi connectivity index (χ1) is 15.2. The Morgan fingerprint density at radius 3 is 2.45 bits per heavy atom. The second-order valence-electron chi connectivity index (χ2n) is 8.56. The first-order valence-corrected chi connectivity index (χ1v) is 11.4. The van der Waals surface area contributed by atoms with Gasteiger partial charge in [0.05, 0.1) is 19.2 Å². The summed E-state index contributed by atoms with van der Waals surface area (Å²) in [5.74, 6) is 0.977. The van der Waals surface area contributed by atoms with Gasteiger partial charge in [-0.05, 0) is 48.9 Å². The van der Waals surface area contributed by atoms with Crippen molar-refractivity contribution in [2.24, 2.45) is 0 Å². The number of carbonyl (C=O) groups excluding carboxylic acids is 1. The zero-order valence-corrected chi connectivity index (χ0v) is 18.5. The molecule has 31 heavy (non-hydrogen) atoms. The molecule has 1 amide bonds. The number of piperidine rings is 1. The number of methoxy groups -OCH3 is 1. The Bertz CT molecular complexity index is 834. The van der Waals surface area contributed by atoms with Crippen molar-refractivity contribution in [3.05, 3.63) is 65.7 Å². The molecule has 0 bridgehead atoms. The molecule has 2 aliphatic heterocycles. The Morgan fingerprint density at radius 2 is 1.81 bits per heavy atom. The van der Waals surface area contributed by atoms with Crippen LogP contribution >= 0.6 is 0 Å². The number of benzene rings is 2. The van der Waals surface area contributed by atoms with Crippen LogP contribution < -0.4 is 20.9 Å². The topological polar surface area (TPSA) is 65.6 Å². The van der Waals surface area contributed by atoms with Gasteiger partial charge in [0.15, 0.2) is 0 Å². The Balaban J connectivity index is 1.25. The fourth-order valence-corrected chi connectivity index (χ4v) is 4.75. The summed E-state index contributed by atoms with van der Waals surface area (Å²) in [6.45, 7) is 4.06. The number of hydrazine groups is 1. The number of hydrogen-bond acceptors (Lipinski definition) is 5. The molecule has 166 valence electrons. The van der Waals surface area contributed by atoms with Crippen molar-refractivity contribution in [2.75, 3.05) is 20.2 Å². The second-order valence-corrected chi connectivity index (χ2v) is 8.56. The van der Waals surface area contributed by atoms with Gasteiger partial charge in [-0.15, -0.1) is 0 Å². The van der Waals surface area contributed by atoms with Gasteiger partial charge in [-0.25, -0.2) is 10.9 Å². The highest BCUT2D eigenvalue weighted by atomic mass is 16.5. The quantitative estimate of drug-likeness (QED) is 0.639. The summed E-state index contributed by atoms with van der Waals surface area (Å²) < 4.78 is 5.26. The number of likely N-dealkylation sites (tertiary alicyclic amines) is 1. The molecular weight excluding hydrogens is 388 g/mol. The van der Waals surface area contributed by atoms with Gasteiger partial charge in [0.2, 0.25) is 5.91 Å². The minimum absolute atomic E-state index is 0.0646. The zero-order valence-electron chi connectivity index (χ0n) is 18.5. The lowest BCUT2D eigenvalue weighted by molar-refractivity contribution is -0.123. The van der Waals surface area contributed by atoms with E-state index in [1.165, 1.54) is 5.56 Å². The summed E-state index contributed by atoms with van der Waals surface area (Å²) in [6, 6.07) is 18.9. The molecule has 2 fully saturated rings. The number of hydrogen-bond donors (Lipinski definition) is 3. The van der Waals surface area contributed by atoms with Gasteiger partial charge in [0.25, 0.3) is 0 Å². The molecule has 2 aliphatic rings. The Labute approximate surface area is 185 Å². The maximum absolute atomic E-state index is 12.9. The van der Waals surface area contributed by atoms with Gasteiger partial charge in [0.1, 0.15) is 5.75 Å². The minimum atomic E-state index is -0.0646. The number of amides is 1. The first kappa shape index (κ1) is 21.8. The average Bonchev–Trinajstić information content (AvgIpc) is 3.31. The van der Waals surface area contributed by atoms with Crippen LogP contribution in [-0.4, -0.2) is 43.2 Å². The Hall–Kier alpha value is -2.41. The lowest BCUT2D eigenvalue weighted by atomic mass is 9.94. The van der Waals surface area contributed by atoms with E-state index in [1.807, 2.05) is 42.5 Å². The van der Waals surface area contributed by atoms with Crippen LogP contribution in [0.15, 0.2) is 54.6 Å². The number of carbonyl (C=O) groups is 1. The standard InChI is InChI=1S/C25H34N4O2/c1-3-22(18-7-5-4-6-8-18)25(30)26-20-13-15-29(16-14-20)24-17-23(27-28-24)19-9-11-21(31-2)12-10-19/h4-12,20,22-24,27-28H,3,13-17H2,1-2H3,(H,26,30). The largest absolute Gasteiger partial charge is 0.497 e. The molecule has 0 spiro atoms. The maximum Gasteiger partial charge on any atom is 0.227 e. The van der Waals surface area contributed by atoms with E-state index in [9.17, 15) is 4.79 Å². The lowest BCUT2D eigenvalue weighted by Gasteiger charge is -2.36. The molecule has 2 heterocycles. The van der Waals surface area contributed by atoms with Crippen LogP contribution in [0.1, 0.15) is 55.7 Å². The predicted octanol–water partition coefficient (Wildman–Crippen LogP) is 3.33. The van der Waals surface area contributed by atoms with Gasteiger partial charge in [-0.3, -0.25) is 9.69 Å². The van der Waals surface area contributed by atoms with Crippen LogP contribution in [0.3, 0.4) is 0 Å². The molecule has 3 atom stereocenters. The van der Waals surface area contributed by atoms with Crippen LogP contribution in [-0.2, 0) is 4.79 Å². The highest BCUT2D eigenvalue weighted by Gasteiger charge is 2.32. The molecule has 2 saturated heterocycles. The molecule has 6 heteroatoms. The molecule has 2 aromatic carbocycles. The number of nitrogens with zero attached hydrogens (tertiary/aromatic N) is 1. The van der Waals surface area contributed by atoms with Gasteiger partial charge in [-0.2, -0.15) is 0 Å². The van der Waals surface area contributed by atoms with Crippen molar-refractivity contribution in [1.29, 1.82) is 0 Å². The molecule has 0 aliphatic carbocycles. The van der Waals surface area contributed by atoms with E-state index >= 15 is 0 Å². The van der Waals surface area contributed by atoms with Crippen molar-refractivity contribution >= 4 is 5.91 Å². The summed E-state index contributed by atoms with van der Waals surface area (Å²) in [5.41, 5.74) is 9.28. The molecule has 0 aromatic heterocycles. The smallest absolute Gasteiger partial charge is 0.227 e. The van der Waals surface area contributed by atoms with E-state index in [4.69, 9.17) is 4.74 Å². The lowest BCUT2D eigenvalue weighted by Crippen LogP contribution is -2.52. The van der Waals surface area contributed by atoms with Gasteiger partial charge < -0.3 is 10.1 Å². The van der Waals surface area contributed by atoms with E-state index in [1.54, 1.807) is 7.11 Å². The van der Waals surface area contributed by atoms with Crippen molar-refractivity contribution < 1.29 is 9.53 Å². The summed E-state index contributed by atoms with van der Waals surface area (Å²) in [6.07, 6.45) is 4.13. The van der Waals surface area contributed by atoms with E-state index in [2.05, 4.69) is 40.1 Å². The van der Waals surface area contributed by atoms with Crippen LogP contribution in [0.5, 0.6) is 5.75 Å². The SMILES string of the molecule is CCC(C(=O)NC1CCN(C2CC(c3ccc(OC)cc3)NN2)CC1)c1ccccc1. The molecule has 6 nitrogen and oxygen atoms in total. The first-order valence-electron chi connectivity index (χ1n) is 11.4. The average molecular weight is 423 g/mol. The van der Waals surface area contributed by atoms with Crippen LogP contribution in [0.25, 0.3) is 0 Å². The summed E-state index contributed by atoms with van der Waals surface area (Å²) in [4.78, 5) is 15.4. The Morgan fingerprint density at radius 1 is 1.10 bits per heavy atom. The predicted molar refractivity (Wildman–Crippen MR) is 123 cm³/mol. The third-order valence-electron chi connectivity index (χ3n) is 6.64. The summed E-state index contributed by atoms with van der Waals surface area (Å²) >= 11 is 0. The number of nitrogens with one attached hydrogen (secondary N) is 3. The van der Waals surface area contributed by atoms with Crippen LogP contribution in [0, 0.1) is 0 Å². The van der Waals surface area contributed by atoms with Crippen molar-refractivity contribution in [3.63, 3.8) is 0 Å². The highest BCUT2D eigenvalue weighted by Crippen LogP contribution is 2.27. The van der Waals surface area contributed by atoms with E-state index < -0.39 is 0 Å². The van der Waals surface area contributed by atoms with Crippen LogP contribution in [0.2, 0.25) is 0 Å². The zero-order chi connectivity index (χ0) is 21.6. The maximum atomic E-state index is 12.9. The highest BCUT2D eigenvalue weighted by molar-refractivity contribution is 5.83. The molecule has 4 rings (SSSR count). The fourth-order valence-electron chi connectivity index (χ4n) is 4.75. The summed E-state index contributed by atoms with van der Waals surface area (Å²) in [7, 11) is 1.69.